The van der Waals surface area contributed by atoms with Crippen LogP contribution in [0.1, 0.15) is 42.3 Å². The predicted molar refractivity (Wildman–Crippen MR) is 106 cm³/mol. The van der Waals surface area contributed by atoms with Gasteiger partial charge in [-0.2, -0.15) is 4.99 Å². The number of nitrogens with one attached hydrogen (secondary N) is 1. The van der Waals surface area contributed by atoms with Crippen LogP contribution in [0, 0.1) is 5.82 Å². The van der Waals surface area contributed by atoms with Crippen molar-refractivity contribution in [2.24, 2.45) is 4.99 Å². The molecule has 1 N–H and O–H groups in total. The first-order valence-corrected chi connectivity index (χ1v) is 9.66. The molecule has 1 aromatic heterocycles. The van der Waals surface area contributed by atoms with Gasteiger partial charge in [0.1, 0.15) is 5.82 Å². The maximum atomic E-state index is 13.3. The van der Waals surface area contributed by atoms with Crippen LogP contribution in [0.4, 0.5) is 13.2 Å². The maximum absolute atomic E-state index is 13.3. The highest BCUT2D eigenvalue weighted by molar-refractivity contribution is 7.02. The summed E-state index contributed by atoms with van der Waals surface area (Å²) in [6.45, 7) is 4.80. The summed E-state index contributed by atoms with van der Waals surface area (Å²) in [6.07, 6.45) is 0. The maximum Gasteiger partial charge on any atom is 0.337 e. The summed E-state index contributed by atoms with van der Waals surface area (Å²) in [6, 6.07) is 10.5. The number of hydrogen-bond donors (Lipinski definition) is 1. The van der Waals surface area contributed by atoms with Crippen molar-refractivity contribution in [3.8, 4) is 0 Å². The minimum Gasteiger partial charge on any atom is -0.267 e. The molecule has 0 saturated carbocycles. The number of aromatic amines is 1. The van der Waals surface area contributed by atoms with E-state index in [1.165, 1.54) is 34.9 Å². The standard InChI is InChI=1S/C18H14F3N3O2S.C2H6/c1-18(20,21)13-7-5-12(6-8-13)15(25)22-17-24(16(26)23-27-17)10-11-3-2-4-14(19)9-11;1-2/h2-9H,10H2,1H3,(H,23,26);1-2H3. The Hall–Kier alpha value is -2.94. The van der Waals surface area contributed by atoms with Gasteiger partial charge >= 0.3 is 5.69 Å². The molecular formula is C20H20F3N3O2S. The Balaban J connectivity index is 0.00000145. The van der Waals surface area contributed by atoms with Crippen LogP contribution >= 0.6 is 11.5 Å². The van der Waals surface area contributed by atoms with E-state index in [2.05, 4.69) is 9.37 Å². The average Bonchev–Trinajstić information content (AvgIpc) is 3.02. The molecule has 0 aliphatic carbocycles. The highest BCUT2D eigenvalue weighted by Gasteiger charge is 2.24. The molecule has 0 unspecified atom stereocenters. The smallest absolute Gasteiger partial charge is 0.267 e. The van der Waals surface area contributed by atoms with Crippen molar-refractivity contribution in [1.82, 2.24) is 8.94 Å². The van der Waals surface area contributed by atoms with Crippen molar-refractivity contribution in [2.75, 3.05) is 0 Å². The summed E-state index contributed by atoms with van der Waals surface area (Å²) in [5.74, 6) is -4.13. The fraction of sp³-hybridized carbons (Fsp3) is 0.250. The summed E-state index contributed by atoms with van der Waals surface area (Å²) in [7, 11) is 0. The quantitative estimate of drug-likeness (QED) is 0.680. The van der Waals surface area contributed by atoms with Gasteiger partial charge in [-0.25, -0.2) is 18.0 Å². The summed E-state index contributed by atoms with van der Waals surface area (Å²) >= 11 is 0.854. The molecule has 29 heavy (non-hydrogen) atoms. The molecule has 0 aliphatic rings. The Morgan fingerprint density at radius 2 is 1.83 bits per heavy atom. The number of aromatic nitrogens is 2. The molecule has 0 fully saturated rings. The Kier molecular flexibility index (Phi) is 7.33. The van der Waals surface area contributed by atoms with Gasteiger partial charge in [0.25, 0.3) is 11.8 Å². The van der Waals surface area contributed by atoms with Crippen molar-refractivity contribution in [3.05, 3.63) is 86.3 Å². The molecule has 0 bridgehead atoms. The highest BCUT2D eigenvalue weighted by Crippen LogP contribution is 2.26. The van der Waals surface area contributed by atoms with Gasteiger partial charge in [-0.3, -0.25) is 13.7 Å². The number of hydrogen-bond acceptors (Lipinski definition) is 3. The van der Waals surface area contributed by atoms with E-state index < -0.39 is 23.3 Å². The van der Waals surface area contributed by atoms with Crippen LogP contribution in [0.15, 0.2) is 58.3 Å². The van der Waals surface area contributed by atoms with E-state index in [1.54, 1.807) is 6.07 Å². The van der Waals surface area contributed by atoms with Crippen LogP contribution in [0.2, 0.25) is 0 Å². The lowest BCUT2D eigenvalue weighted by molar-refractivity contribution is 0.0174. The Morgan fingerprint density at radius 3 is 2.41 bits per heavy atom. The van der Waals surface area contributed by atoms with Crippen LogP contribution < -0.4 is 10.5 Å². The lowest BCUT2D eigenvalue weighted by Gasteiger charge is -2.10. The number of amides is 1. The van der Waals surface area contributed by atoms with Crippen LogP contribution in [0.3, 0.4) is 0 Å². The molecule has 154 valence electrons. The third kappa shape index (κ3) is 5.77. The zero-order chi connectivity index (χ0) is 21.6. The number of H-pyrrole nitrogens is 1. The van der Waals surface area contributed by atoms with Crippen molar-refractivity contribution in [3.63, 3.8) is 0 Å². The van der Waals surface area contributed by atoms with Crippen LogP contribution in [0.25, 0.3) is 0 Å². The van der Waals surface area contributed by atoms with E-state index in [0.717, 1.165) is 30.6 Å². The first-order chi connectivity index (χ1) is 13.7. The molecule has 0 saturated heterocycles. The minimum absolute atomic E-state index is 0.0315. The third-order valence-corrected chi connectivity index (χ3v) is 4.54. The zero-order valence-electron chi connectivity index (χ0n) is 16.1. The topological polar surface area (TPSA) is 67.2 Å². The van der Waals surface area contributed by atoms with E-state index in [1.807, 2.05) is 13.8 Å². The van der Waals surface area contributed by atoms with E-state index in [-0.39, 0.29) is 22.5 Å². The van der Waals surface area contributed by atoms with Gasteiger partial charge in [-0.1, -0.05) is 38.1 Å². The number of carbonyl (C=O) groups excluding carboxylic acids is 1. The first kappa shape index (κ1) is 22.4. The SMILES string of the molecule is CC.CC(F)(F)c1ccc(C(=O)N=c2s[nH]c(=O)n2Cc2cccc(F)c2)cc1. The third-order valence-electron chi connectivity index (χ3n) is 3.77. The summed E-state index contributed by atoms with van der Waals surface area (Å²) in [5.41, 5.74) is -0.0632. The number of nitrogens with zero attached hydrogens (tertiary/aromatic N) is 2. The molecule has 3 aromatic rings. The molecule has 0 radical (unpaired) electrons. The minimum atomic E-state index is -3.01. The summed E-state index contributed by atoms with van der Waals surface area (Å²) < 4.78 is 43.5. The fourth-order valence-electron chi connectivity index (χ4n) is 2.38. The van der Waals surface area contributed by atoms with E-state index in [0.29, 0.717) is 5.56 Å². The second-order valence-corrected chi connectivity index (χ2v) is 6.66. The monoisotopic (exact) mass is 423 g/mol. The van der Waals surface area contributed by atoms with E-state index in [4.69, 9.17) is 0 Å². The Bertz CT molecular complexity index is 1090. The van der Waals surface area contributed by atoms with Gasteiger partial charge in [-0.05, 0) is 41.4 Å². The number of carbonyl (C=O) groups is 1. The molecule has 3 rings (SSSR count). The summed E-state index contributed by atoms with van der Waals surface area (Å²) in [5, 5.41) is 0. The largest absolute Gasteiger partial charge is 0.337 e. The van der Waals surface area contributed by atoms with E-state index in [9.17, 15) is 22.8 Å². The van der Waals surface area contributed by atoms with Crippen molar-refractivity contribution >= 4 is 17.4 Å². The average molecular weight is 423 g/mol. The van der Waals surface area contributed by atoms with Gasteiger partial charge in [0, 0.05) is 18.1 Å². The van der Waals surface area contributed by atoms with Crippen molar-refractivity contribution < 1.29 is 18.0 Å². The predicted octanol–water partition coefficient (Wildman–Crippen LogP) is 4.30. The fourth-order valence-corrected chi connectivity index (χ4v) is 3.06. The highest BCUT2D eigenvalue weighted by atomic mass is 32.1. The molecule has 0 spiro atoms. The molecular weight excluding hydrogens is 403 g/mol. The second-order valence-electron chi connectivity index (χ2n) is 5.89. The van der Waals surface area contributed by atoms with Crippen LogP contribution in [0.5, 0.6) is 0 Å². The zero-order valence-corrected chi connectivity index (χ0v) is 16.9. The Morgan fingerprint density at radius 1 is 1.17 bits per heavy atom. The lowest BCUT2D eigenvalue weighted by Crippen LogP contribution is -2.28. The molecule has 0 atom stereocenters. The van der Waals surface area contributed by atoms with Gasteiger partial charge in [0.15, 0.2) is 0 Å². The molecule has 5 nitrogen and oxygen atoms in total. The van der Waals surface area contributed by atoms with Gasteiger partial charge < -0.3 is 0 Å². The molecule has 9 heteroatoms. The van der Waals surface area contributed by atoms with E-state index >= 15 is 0 Å². The molecule has 0 aliphatic heterocycles. The molecule has 2 aromatic carbocycles. The van der Waals surface area contributed by atoms with Gasteiger partial charge in [-0.15, -0.1) is 0 Å². The summed E-state index contributed by atoms with van der Waals surface area (Å²) in [4.78, 5) is 28.3. The van der Waals surface area contributed by atoms with Crippen LogP contribution in [-0.4, -0.2) is 14.8 Å². The normalized spacial score (nSPS) is 11.7. The number of halogens is 3. The van der Waals surface area contributed by atoms with Gasteiger partial charge in [0.2, 0.25) is 4.80 Å². The van der Waals surface area contributed by atoms with Crippen molar-refractivity contribution in [1.29, 1.82) is 0 Å². The molecule has 1 heterocycles. The Labute approximate surface area is 169 Å². The second kappa shape index (κ2) is 9.51. The van der Waals surface area contributed by atoms with Crippen LogP contribution in [-0.2, 0) is 12.5 Å². The number of alkyl halides is 2. The number of benzene rings is 2. The molecule has 1 amide bonds. The number of rotatable bonds is 4. The van der Waals surface area contributed by atoms with Gasteiger partial charge in [0.05, 0.1) is 6.54 Å². The lowest BCUT2D eigenvalue weighted by atomic mass is 10.1. The van der Waals surface area contributed by atoms with Crippen molar-refractivity contribution in [2.45, 2.75) is 33.2 Å². The first-order valence-electron chi connectivity index (χ1n) is 8.84.